The Hall–Kier alpha value is -0.870. The third kappa shape index (κ3) is 1.15. The van der Waals surface area contributed by atoms with Crippen molar-refractivity contribution < 1.29 is 4.21 Å². The number of nitrogens with zero attached hydrogens (tertiary/aromatic N) is 1. The van der Waals surface area contributed by atoms with Crippen LogP contribution in [0.25, 0.3) is 10.2 Å². The van der Waals surface area contributed by atoms with E-state index in [1.54, 1.807) is 0 Å². The standard InChI is InChI=1S/C7H4NOS2/c9-11-7-8-5-3-1-2-4-6(5)10-7/h1-4H/q+1. The molecule has 4 heteroatoms. The van der Waals surface area contributed by atoms with Gasteiger partial charge < -0.3 is 0 Å². The quantitative estimate of drug-likeness (QED) is 0.632. The molecule has 0 N–H and O–H groups in total. The van der Waals surface area contributed by atoms with Crippen LogP contribution in [0.4, 0.5) is 0 Å². The van der Waals surface area contributed by atoms with Gasteiger partial charge in [-0.2, -0.15) is 4.98 Å². The first kappa shape index (κ1) is 6.82. The Morgan fingerprint density at radius 3 is 2.91 bits per heavy atom. The number of fused-ring (bicyclic) bond motifs is 1. The lowest BCUT2D eigenvalue weighted by Crippen LogP contribution is -1.67. The Labute approximate surface area is 71.4 Å². The summed E-state index contributed by atoms with van der Waals surface area (Å²) >= 11 is 1.89. The van der Waals surface area contributed by atoms with E-state index in [0.717, 1.165) is 10.2 Å². The molecule has 0 amide bonds. The molecule has 0 spiro atoms. The van der Waals surface area contributed by atoms with Crippen LogP contribution in [0.5, 0.6) is 0 Å². The van der Waals surface area contributed by atoms with Crippen molar-refractivity contribution in [1.29, 1.82) is 0 Å². The molecule has 2 nitrogen and oxygen atoms in total. The highest BCUT2D eigenvalue weighted by molar-refractivity contribution is 7.69. The van der Waals surface area contributed by atoms with Gasteiger partial charge in [0.05, 0.1) is 10.2 Å². The van der Waals surface area contributed by atoms with Gasteiger partial charge in [-0.05, 0) is 23.5 Å². The molecule has 0 fully saturated rings. The summed E-state index contributed by atoms with van der Waals surface area (Å²) in [7, 11) is 0. The molecule has 1 aromatic heterocycles. The first-order valence-electron chi connectivity index (χ1n) is 3.05. The number of rotatable bonds is 1. The van der Waals surface area contributed by atoms with Crippen LogP contribution < -0.4 is 0 Å². The van der Waals surface area contributed by atoms with Gasteiger partial charge in [-0.15, -0.1) is 0 Å². The highest BCUT2D eigenvalue weighted by atomic mass is 32.2. The lowest BCUT2D eigenvalue weighted by Gasteiger charge is -1.79. The number of aromatic nitrogens is 1. The van der Waals surface area contributed by atoms with Gasteiger partial charge in [-0.1, -0.05) is 12.1 Å². The van der Waals surface area contributed by atoms with Crippen molar-refractivity contribution in [2.45, 2.75) is 4.34 Å². The number of benzene rings is 1. The highest BCUT2D eigenvalue weighted by Crippen LogP contribution is 2.21. The first-order chi connectivity index (χ1) is 5.40. The summed E-state index contributed by atoms with van der Waals surface area (Å²) < 4.78 is 12.0. The summed E-state index contributed by atoms with van der Waals surface area (Å²) in [5.74, 6) is 0. The van der Waals surface area contributed by atoms with Gasteiger partial charge in [0.2, 0.25) is 0 Å². The Balaban J connectivity index is 2.78. The second-order valence-electron chi connectivity index (χ2n) is 2.03. The van der Waals surface area contributed by atoms with Gasteiger partial charge in [0.25, 0.3) is 0 Å². The Morgan fingerprint density at radius 1 is 1.36 bits per heavy atom. The molecule has 0 aliphatic rings. The fraction of sp³-hybridized carbons (Fsp3) is 0. The number of hydrogen-bond donors (Lipinski definition) is 0. The minimum absolute atomic E-state index is 0.452. The number of para-hydroxylation sites is 1. The second-order valence-corrected chi connectivity index (χ2v) is 3.87. The van der Waals surface area contributed by atoms with E-state index < -0.39 is 0 Å². The molecule has 1 aromatic carbocycles. The minimum atomic E-state index is 0.452. The largest absolute Gasteiger partial charge is 0.539 e. The van der Waals surface area contributed by atoms with Crippen LogP contribution in [0.2, 0.25) is 0 Å². The fourth-order valence-electron chi connectivity index (χ4n) is 0.887. The normalized spacial score (nSPS) is 10.2. The lowest BCUT2D eigenvalue weighted by molar-refractivity contribution is 0.604. The van der Waals surface area contributed by atoms with Crippen LogP contribution in [0.3, 0.4) is 0 Å². The van der Waals surface area contributed by atoms with Crippen molar-refractivity contribution in [2.75, 3.05) is 0 Å². The average molecular weight is 182 g/mol. The van der Waals surface area contributed by atoms with E-state index >= 15 is 0 Å². The molecule has 0 radical (unpaired) electrons. The molecule has 0 atom stereocenters. The Kier molecular flexibility index (Phi) is 1.63. The van der Waals surface area contributed by atoms with Crippen LogP contribution in [0.15, 0.2) is 28.6 Å². The van der Waals surface area contributed by atoms with E-state index in [9.17, 15) is 4.21 Å². The van der Waals surface area contributed by atoms with Crippen molar-refractivity contribution in [3.63, 3.8) is 0 Å². The van der Waals surface area contributed by atoms with Crippen LogP contribution in [0.1, 0.15) is 0 Å². The van der Waals surface area contributed by atoms with E-state index in [1.807, 2.05) is 24.3 Å². The van der Waals surface area contributed by atoms with E-state index in [-0.39, 0.29) is 0 Å². The van der Waals surface area contributed by atoms with Crippen molar-refractivity contribution >= 4 is 33.2 Å². The molecule has 0 aliphatic carbocycles. The van der Waals surface area contributed by atoms with E-state index in [4.69, 9.17) is 0 Å². The maximum Gasteiger partial charge on any atom is 0.539 e. The van der Waals surface area contributed by atoms with Crippen LogP contribution in [0, 0.1) is 0 Å². The molecule has 1 heterocycles. The first-order valence-corrected chi connectivity index (χ1v) is 4.61. The smallest absolute Gasteiger partial charge is 0.178 e. The van der Waals surface area contributed by atoms with Gasteiger partial charge in [0, 0.05) is 4.21 Å². The predicted octanol–water partition coefficient (Wildman–Crippen LogP) is 2.08. The molecular formula is C7H4NOS2+. The maximum atomic E-state index is 10.4. The summed E-state index contributed by atoms with van der Waals surface area (Å²) in [5, 5.41) is 0. The molecule has 0 saturated heterocycles. The van der Waals surface area contributed by atoms with Crippen molar-refractivity contribution in [3.05, 3.63) is 24.3 Å². The van der Waals surface area contributed by atoms with Crippen LogP contribution >= 0.6 is 11.3 Å². The van der Waals surface area contributed by atoms with Gasteiger partial charge >= 0.3 is 16.0 Å². The molecule has 54 valence electrons. The summed E-state index contributed by atoms with van der Waals surface area (Å²) in [5.41, 5.74) is 0.913. The van der Waals surface area contributed by atoms with E-state index in [2.05, 4.69) is 4.98 Å². The van der Waals surface area contributed by atoms with Crippen molar-refractivity contribution in [2.24, 2.45) is 0 Å². The zero-order chi connectivity index (χ0) is 7.68. The molecule has 0 unspecified atom stereocenters. The molecule has 0 aliphatic heterocycles. The molecule has 0 saturated carbocycles. The van der Waals surface area contributed by atoms with Gasteiger partial charge in [-0.3, -0.25) is 0 Å². The van der Waals surface area contributed by atoms with Gasteiger partial charge in [0.1, 0.15) is 0 Å². The number of thiazole rings is 1. The summed E-state index contributed by atoms with van der Waals surface area (Å²) in [6.07, 6.45) is 0. The lowest BCUT2D eigenvalue weighted by atomic mass is 10.3. The SMILES string of the molecule is O=[S+]c1nc2ccccc2s1. The Bertz CT molecular complexity index is 363. The Morgan fingerprint density at radius 2 is 2.18 bits per heavy atom. The van der Waals surface area contributed by atoms with E-state index in [1.165, 1.54) is 11.3 Å². The highest BCUT2D eigenvalue weighted by Gasteiger charge is 2.12. The molecule has 2 aromatic rings. The molecule has 11 heavy (non-hydrogen) atoms. The van der Waals surface area contributed by atoms with Gasteiger partial charge in [0.15, 0.2) is 0 Å². The minimum Gasteiger partial charge on any atom is -0.178 e. The van der Waals surface area contributed by atoms with E-state index in [0.29, 0.717) is 16.0 Å². The topological polar surface area (TPSA) is 30.0 Å². The zero-order valence-electron chi connectivity index (χ0n) is 5.48. The molecular weight excluding hydrogens is 178 g/mol. The monoisotopic (exact) mass is 182 g/mol. The molecule has 0 bridgehead atoms. The summed E-state index contributed by atoms with van der Waals surface area (Å²) in [6.45, 7) is 0. The summed E-state index contributed by atoms with van der Waals surface area (Å²) in [6, 6.07) is 7.74. The third-order valence-electron chi connectivity index (χ3n) is 1.35. The average Bonchev–Trinajstić information content (AvgIpc) is 2.46. The van der Waals surface area contributed by atoms with Crippen molar-refractivity contribution in [1.82, 2.24) is 4.98 Å². The summed E-state index contributed by atoms with van der Waals surface area (Å²) in [4.78, 5) is 4.10. The second kappa shape index (κ2) is 2.64. The zero-order valence-corrected chi connectivity index (χ0v) is 7.11. The fourth-order valence-corrected chi connectivity index (χ4v) is 2.12. The predicted molar refractivity (Wildman–Crippen MR) is 45.9 cm³/mol. The van der Waals surface area contributed by atoms with Gasteiger partial charge in [-0.25, -0.2) is 0 Å². The third-order valence-corrected chi connectivity index (χ3v) is 2.86. The maximum absolute atomic E-state index is 10.4. The van der Waals surface area contributed by atoms with Crippen LogP contribution in [-0.4, -0.2) is 4.98 Å². The molecule has 2 rings (SSSR count). The van der Waals surface area contributed by atoms with Crippen molar-refractivity contribution in [3.8, 4) is 0 Å². The van der Waals surface area contributed by atoms with Crippen LogP contribution in [-0.2, 0) is 15.9 Å². The number of hydrogen-bond acceptors (Lipinski definition) is 3.